The van der Waals surface area contributed by atoms with Gasteiger partial charge in [-0.1, -0.05) is 19.9 Å². The number of hydrogen-bond acceptors (Lipinski definition) is 2. The lowest BCUT2D eigenvalue weighted by Gasteiger charge is -2.06. The number of esters is 1. The molecule has 0 heterocycles. The van der Waals surface area contributed by atoms with E-state index in [2.05, 4.69) is 13.8 Å². The summed E-state index contributed by atoms with van der Waals surface area (Å²) in [6.45, 7) is 7.42. The van der Waals surface area contributed by atoms with E-state index < -0.39 is 0 Å². The molecule has 0 aliphatic carbocycles. The van der Waals surface area contributed by atoms with E-state index in [0.29, 0.717) is 5.92 Å². The molecule has 2 nitrogen and oxygen atoms in total. The average molecular weight is 156 g/mol. The van der Waals surface area contributed by atoms with Gasteiger partial charge in [-0.2, -0.15) is 0 Å². The fraction of sp³-hybridized carbons (Fsp3) is 0.667. The van der Waals surface area contributed by atoms with Crippen LogP contribution >= 0.6 is 0 Å². The Hall–Kier alpha value is -0.790. The van der Waals surface area contributed by atoms with Gasteiger partial charge in [0.15, 0.2) is 0 Å². The Morgan fingerprint density at radius 3 is 2.18 bits per heavy atom. The van der Waals surface area contributed by atoms with Gasteiger partial charge in [0, 0.05) is 6.92 Å². The normalized spacial score (nSPS) is 13.9. The van der Waals surface area contributed by atoms with Crippen LogP contribution in [0.4, 0.5) is 0 Å². The van der Waals surface area contributed by atoms with E-state index in [1.54, 1.807) is 0 Å². The molecule has 11 heavy (non-hydrogen) atoms. The number of allylic oxidation sites excluding steroid dienone is 1. The molecule has 0 radical (unpaired) electrons. The molecule has 0 rings (SSSR count). The van der Waals surface area contributed by atoms with Crippen molar-refractivity contribution in [1.82, 2.24) is 0 Å². The van der Waals surface area contributed by atoms with Crippen LogP contribution in [0.5, 0.6) is 0 Å². The molecule has 64 valence electrons. The van der Waals surface area contributed by atoms with E-state index in [1.807, 2.05) is 19.1 Å². The van der Waals surface area contributed by atoms with Gasteiger partial charge in [0.2, 0.25) is 0 Å². The van der Waals surface area contributed by atoms with Gasteiger partial charge < -0.3 is 4.74 Å². The maximum atomic E-state index is 10.4. The summed E-state index contributed by atoms with van der Waals surface area (Å²) in [7, 11) is 0. The van der Waals surface area contributed by atoms with Crippen molar-refractivity contribution in [2.24, 2.45) is 5.92 Å². The van der Waals surface area contributed by atoms with Crippen LogP contribution in [0.1, 0.15) is 27.7 Å². The van der Waals surface area contributed by atoms with E-state index in [-0.39, 0.29) is 12.1 Å². The molecule has 0 spiro atoms. The summed E-state index contributed by atoms with van der Waals surface area (Å²) in [6.07, 6.45) is 3.81. The van der Waals surface area contributed by atoms with Gasteiger partial charge >= 0.3 is 5.97 Å². The summed E-state index contributed by atoms with van der Waals surface area (Å²) in [4.78, 5) is 10.4. The van der Waals surface area contributed by atoms with Gasteiger partial charge in [0.05, 0.1) is 0 Å². The minimum absolute atomic E-state index is 0.102. The van der Waals surface area contributed by atoms with Gasteiger partial charge in [-0.25, -0.2) is 0 Å². The largest absolute Gasteiger partial charge is 0.459 e. The zero-order valence-electron chi connectivity index (χ0n) is 7.63. The molecule has 0 aromatic carbocycles. The van der Waals surface area contributed by atoms with Gasteiger partial charge in [0.25, 0.3) is 0 Å². The van der Waals surface area contributed by atoms with Crippen LogP contribution in [0.15, 0.2) is 12.2 Å². The summed E-state index contributed by atoms with van der Waals surface area (Å²) >= 11 is 0. The Balaban J connectivity index is 3.68. The van der Waals surface area contributed by atoms with Crippen LogP contribution in [0.3, 0.4) is 0 Å². The predicted octanol–water partition coefficient (Wildman–Crippen LogP) is 2.15. The maximum Gasteiger partial charge on any atom is 0.303 e. The molecule has 0 N–H and O–H groups in total. The van der Waals surface area contributed by atoms with Crippen molar-refractivity contribution in [2.75, 3.05) is 0 Å². The molecular formula is C9H16O2. The lowest BCUT2D eigenvalue weighted by molar-refractivity contribution is -0.143. The number of rotatable bonds is 3. The number of hydrogen-bond donors (Lipinski definition) is 0. The third-order valence-electron chi connectivity index (χ3n) is 1.12. The Kier molecular flexibility index (Phi) is 4.59. The smallest absolute Gasteiger partial charge is 0.303 e. The lowest BCUT2D eigenvalue weighted by atomic mass is 10.2. The number of ether oxygens (including phenoxy) is 1. The first kappa shape index (κ1) is 10.2. The number of carbonyl (C=O) groups excluding carboxylic acids is 1. The average Bonchev–Trinajstić information content (AvgIpc) is 1.82. The zero-order chi connectivity index (χ0) is 8.85. The Bertz CT molecular complexity index is 148. The maximum absolute atomic E-state index is 10.4. The topological polar surface area (TPSA) is 26.3 Å². The molecule has 2 heteroatoms. The fourth-order valence-electron chi connectivity index (χ4n) is 0.680. The SMILES string of the molecule is CC(=O)OC(C)/C=C/C(C)C. The number of carbonyl (C=O) groups is 1. The molecule has 0 bridgehead atoms. The van der Waals surface area contributed by atoms with E-state index in [9.17, 15) is 4.79 Å². The first-order valence-electron chi connectivity index (χ1n) is 3.88. The van der Waals surface area contributed by atoms with E-state index in [1.165, 1.54) is 6.92 Å². The van der Waals surface area contributed by atoms with Crippen LogP contribution in [0, 0.1) is 5.92 Å². The Morgan fingerprint density at radius 1 is 1.27 bits per heavy atom. The van der Waals surface area contributed by atoms with E-state index in [4.69, 9.17) is 4.74 Å². The second kappa shape index (κ2) is 4.94. The van der Waals surface area contributed by atoms with Crippen molar-refractivity contribution >= 4 is 5.97 Å². The Labute approximate surface area is 68.2 Å². The minimum Gasteiger partial charge on any atom is -0.459 e. The van der Waals surface area contributed by atoms with Crippen molar-refractivity contribution in [2.45, 2.75) is 33.8 Å². The molecule has 0 aliphatic heterocycles. The van der Waals surface area contributed by atoms with E-state index in [0.717, 1.165) is 0 Å². The molecule has 0 aromatic heterocycles. The highest BCUT2D eigenvalue weighted by Crippen LogP contribution is 1.98. The Morgan fingerprint density at radius 2 is 1.82 bits per heavy atom. The molecule has 0 amide bonds. The van der Waals surface area contributed by atoms with Crippen LogP contribution < -0.4 is 0 Å². The first-order chi connectivity index (χ1) is 5.02. The molecular weight excluding hydrogens is 140 g/mol. The van der Waals surface area contributed by atoms with Gasteiger partial charge in [0.1, 0.15) is 6.10 Å². The van der Waals surface area contributed by atoms with Crippen molar-refractivity contribution in [3.8, 4) is 0 Å². The van der Waals surface area contributed by atoms with Crippen molar-refractivity contribution in [3.05, 3.63) is 12.2 Å². The molecule has 0 saturated carbocycles. The van der Waals surface area contributed by atoms with Crippen LogP contribution in [-0.2, 0) is 9.53 Å². The quantitative estimate of drug-likeness (QED) is 0.462. The summed E-state index contributed by atoms with van der Waals surface area (Å²) < 4.78 is 4.87. The third kappa shape index (κ3) is 7.10. The van der Waals surface area contributed by atoms with Crippen molar-refractivity contribution in [3.63, 3.8) is 0 Å². The molecule has 0 fully saturated rings. The van der Waals surface area contributed by atoms with Gasteiger partial charge in [-0.15, -0.1) is 0 Å². The lowest BCUT2D eigenvalue weighted by Crippen LogP contribution is -2.08. The molecule has 0 aliphatic rings. The van der Waals surface area contributed by atoms with Crippen molar-refractivity contribution in [1.29, 1.82) is 0 Å². The monoisotopic (exact) mass is 156 g/mol. The zero-order valence-corrected chi connectivity index (χ0v) is 7.63. The summed E-state index contributed by atoms with van der Waals surface area (Å²) in [5.74, 6) is 0.277. The second-order valence-corrected chi connectivity index (χ2v) is 2.94. The molecule has 1 unspecified atom stereocenters. The summed E-state index contributed by atoms with van der Waals surface area (Å²) in [5.41, 5.74) is 0. The fourth-order valence-corrected chi connectivity index (χ4v) is 0.680. The third-order valence-corrected chi connectivity index (χ3v) is 1.12. The molecule has 0 aromatic rings. The minimum atomic E-state index is -0.231. The summed E-state index contributed by atoms with van der Waals surface area (Å²) in [6, 6.07) is 0. The summed E-state index contributed by atoms with van der Waals surface area (Å²) in [5, 5.41) is 0. The van der Waals surface area contributed by atoms with Crippen molar-refractivity contribution < 1.29 is 9.53 Å². The highest BCUT2D eigenvalue weighted by Gasteiger charge is 1.99. The second-order valence-electron chi connectivity index (χ2n) is 2.94. The molecule has 0 saturated heterocycles. The van der Waals surface area contributed by atoms with Gasteiger partial charge in [-0.3, -0.25) is 4.79 Å². The van der Waals surface area contributed by atoms with Gasteiger partial charge in [-0.05, 0) is 18.9 Å². The standard InChI is InChI=1S/C9H16O2/c1-7(2)5-6-8(3)11-9(4)10/h5-8H,1-4H3/b6-5+. The van der Waals surface area contributed by atoms with Crippen LogP contribution in [0.2, 0.25) is 0 Å². The van der Waals surface area contributed by atoms with E-state index >= 15 is 0 Å². The van der Waals surface area contributed by atoms with Crippen LogP contribution in [-0.4, -0.2) is 12.1 Å². The van der Waals surface area contributed by atoms with Crippen LogP contribution in [0.25, 0.3) is 0 Å². The molecule has 1 atom stereocenters. The highest BCUT2D eigenvalue weighted by molar-refractivity contribution is 5.66. The predicted molar refractivity (Wildman–Crippen MR) is 45.2 cm³/mol. The highest BCUT2D eigenvalue weighted by atomic mass is 16.5. The first-order valence-corrected chi connectivity index (χ1v) is 3.88.